The van der Waals surface area contributed by atoms with E-state index in [9.17, 15) is 14.0 Å². The topological polar surface area (TPSA) is 71.1 Å². The van der Waals surface area contributed by atoms with Crippen molar-refractivity contribution in [3.63, 3.8) is 0 Å². The van der Waals surface area contributed by atoms with Gasteiger partial charge in [0.25, 0.3) is 0 Å². The summed E-state index contributed by atoms with van der Waals surface area (Å²) in [6.07, 6.45) is 0. The number of thiazole rings is 1. The van der Waals surface area contributed by atoms with Crippen molar-refractivity contribution in [1.82, 2.24) is 4.98 Å². The Kier molecular flexibility index (Phi) is 3.86. The van der Waals surface area contributed by atoms with Crippen molar-refractivity contribution >= 4 is 34.0 Å². The van der Waals surface area contributed by atoms with Gasteiger partial charge < -0.3 is 5.32 Å². The molecule has 0 bridgehead atoms. The lowest BCUT2D eigenvalue weighted by Gasteiger charge is -2.04. The number of aromatic nitrogens is 1. The largest absolute Gasteiger partial charge is 0.325 e. The quantitative estimate of drug-likeness (QED) is 0.848. The third-order valence-electron chi connectivity index (χ3n) is 2.17. The zero-order valence-corrected chi connectivity index (χ0v) is 10.8. The number of nitrogens with zero attached hydrogens (tertiary/aromatic N) is 1. The molecule has 0 radical (unpaired) electrons. The van der Waals surface area contributed by atoms with E-state index < -0.39 is 11.8 Å². The molecule has 0 aliphatic rings. The number of Topliss-reactive ketones (excluding diaryl/α,β-unsaturated/α-hetero) is 1. The number of halogens is 1. The Hall–Kier alpha value is -2.28. The minimum Gasteiger partial charge on any atom is -0.308 e. The van der Waals surface area contributed by atoms with Gasteiger partial charge in [0.05, 0.1) is 0 Å². The molecule has 98 valence electrons. The first kappa shape index (κ1) is 13.2. The van der Waals surface area contributed by atoms with Crippen LogP contribution in [0.1, 0.15) is 17.4 Å². The van der Waals surface area contributed by atoms with Gasteiger partial charge in [-0.15, -0.1) is 11.3 Å². The van der Waals surface area contributed by atoms with Crippen molar-refractivity contribution in [1.29, 1.82) is 0 Å². The summed E-state index contributed by atoms with van der Waals surface area (Å²) in [7, 11) is 0. The van der Waals surface area contributed by atoms with Crippen molar-refractivity contribution < 1.29 is 14.0 Å². The Bertz CT molecular complexity index is 627. The van der Waals surface area contributed by atoms with Crippen LogP contribution in [0.25, 0.3) is 0 Å². The maximum atomic E-state index is 12.9. The van der Waals surface area contributed by atoms with Crippen LogP contribution in [-0.4, -0.2) is 16.8 Å². The number of rotatable bonds is 3. The van der Waals surface area contributed by atoms with Crippen LogP contribution < -0.4 is 10.6 Å². The predicted molar refractivity (Wildman–Crippen MR) is 71.2 cm³/mol. The summed E-state index contributed by atoms with van der Waals surface area (Å²) >= 11 is 1.14. The molecule has 1 aromatic carbocycles. The summed E-state index contributed by atoms with van der Waals surface area (Å²) in [5, 5.41) is 6.79. The molecule has 19 heavy (non-hydrogen) atoms. The molecule has 1 heterocycles. The standard InChI is InChI=1S/C12H10FN3O2S/c1-7(17)10-6-19-12(15-10)16-11(18)14-9-4-2-3-8(13)5-9/h2-6H,1H3,(H2,14,15,16,18). The number of amides is 2. The highest BCUT2D eigenvalue weighted by Crippen LogP contribution is 2.16. The zero-order valence-electron chi connectivity index (χ0n) is 9.94. The van der Waals surface area contributed by atoms with Gasteiger partial charge in [0.1, 0.15) is 11.5 Å². The van der Waals surface area contributed by atoms with Crippen molar-refractivity contribution in [3.8, 4) is 0 Å². The first-order chi connectivity index (χ1) is 9.04. The Morgan fingerprint density at radius 3 is 2.74 bits per heavy atom. The third kappa shape index (κ3) is 3.59. The maximum absolute atomic E-state index is 12.9. The molecule has 0 fully saturated rings. The van der Waals surface area contributed by atoms with Crippen LogP contribution in [0.2, 0.25) is 0 Å². The molecule has 2 N–H and O–H groups in total. The molecule has 0 aliphatic carbocycles. The Labute approximate surface area is 112 Å². The fraction of sp³-hybridized carbons (Fsp3) is 0.0833. The van der Waals surface area contributed by atoms with Gasteiger partial charge in [-0.2, -0.15) is 0 Å². The zero-order chi connectivity index (χ0) is 13.8. The molecule has 5 nitrogen and oxygen atoms in total. The summed E-state index contributed by atoms with van der Waals surface area (Å²) in [4.78, 5) is 26.6. The van der Waals surface area contributed by atoms with Gasteiger partial charge in [-0.1, -0.05) is 6.07 Å². The number of carbonyl (C=O) groups is 2. The SMILES string of the molecule is CC(=O)c1csc(NC(=O)Nc2cccc(F)c2)n1. The van der Waals surface area contributed by atoms with Gasteiger partial charge in [-0.25, -0.2) is 14.2 Å². The molecule has 0 spiro atoms. The van der Waals surface area contributed by atoms with Gasteiger partial charge in [0.15, 0.2) is 10.9 Å². The Balaban J connectivity index is 1.99. The van der Waals surface area contributed by atoms with E-state index in [0.29, 0.717) is 16.5 Å². The average Bonchev–Trinajstić information content (AvgIpc) is 2.77. The van der Waals surface area contributed by atoms with E-state index in [1.54, 1.807) is 11.4 Å². The number of hydrogen-bond donors (Lipinski definition) is 2. The fourth-order valence-electron chi connectivity index (χ4n) is 1.32. The number of carbonyl (C=O) groups excluding carboxylic acids is 2. The van der Waals surface area contributed by atoms with Gasteiger partial charge in [0, 0.05) is 18.0 Å². The molecule has 2 rings (SSSR count). The molecule has 2 amide bonds. The van der Waals surface area contributed by atoms with Crippen molar-refractivity contribution in [2.24, 2.45) is 0 Å². The van der Waals surface area contributed by atoms with E-state index in [4.69, 9.17) is 0 Å². The molecule has 1 aromatic heterocycles. The molecule has 0 atom stereocenters. The van der Waals surface area contributed by atoms with Crippen LogP contribution in [0, 0.1) is 5.82 Å². The first-order valence-electron chi connectivity index (χ1n) is 5.34. The summed E-state index contributed by atoms with van der Waals surface area (Å²) in [5.41, 5.74) is 0.631. The number of hydrogen-bond acceptors (Lipinski definition) is 4. The number of benzene rings is 1. The molecule has 0 aliphatic heterocycles. The lowest BCUT2D eigenvalue weighted by Crippen LogP contribution is -2.19. The normalized spacial score (nSPS) is 10.0. The monoisotopic (exact) mass is 279 g/mol. The van der Waals surface area contributed by atoms with Crippen LogP contribution in [0.3, 0.4) is 0 Å². The smallest absolute Gasteiger partial charge is 0.308 e. The number of anilines is 2. The molecule has 7 heteroatoms. The highest BCUT2D eigenvalue weighted by molar-refractivity contribution is 7.14. The van der Waals surface area contributed by atoms with Gasteiger partial charge >= 0.3 is 6.03 Å². The molecule has 0 saturated heterocycles. The van der Waals surface area contributed by atoms with E-state index in [-0.39, 0.29) is 5.78 Å². The third-order valence-corrected chi connectivity index (χ3v) is 2.93. The van der Waals surface area contributed by atoms with Gasteiger partial charge in [-0.3, -0.25) is 10.1 Å². The van der Waals surface area contributed by atoms with Crippen LogP contribution in [-0.2, 0) is 0 Å². The van der Waals surface area contributed by atoms with Crippen molar-refractivity contribution in [2.75, 3.05) is 10.6 Å². The fourth-order valence-corrected chi connectivity index (χ4v) is 2.06. The van der Waals surface area contributed by atoms with Crippen molar-refractivity contribution in [3.05, 3.63) is 41.2 Å². The van der Waals surface area contributed by atoms with E-state index in [1.165, 1.54) is 25.1 Å². The lowest BCUT2D eigenvalue weighted by atomic mass is 10.3. The highest BCUT2D eigenvalue weighted by atomic mass is 32.1. The van der Waals surface area contributed by atoms with E-state index in [2.05, 4.69) is 15.6 Å². The molecule has 0 saturated carbocycles. The van der Waals surface area contributed by atoms with Crippen LogP contribution in [0.4, 0.5) is 20.0 Å². The Morgan fingerprint density at radius 2 is 2.11 bits per heavy atom. The minimum absolute atomic E-state index is 0.171. The maximum Gasteiger partial charge on any atom is 0.325 e. The second-order valence-corrected chi connectivity index (χ2v) is 4.54. The van der Waals surface area contributed by atoms with Crippen LogP contribution in [0.15, 0.2) is 29.6 Å². The summed E-state index contributed by atoms with van der Waals surface area (Å²) in [6.45, 7) is 1.39. The van der Waals surface area contributed by atoms with Crippen molar-refractivity contribution in [2.45, 2.75) is 6.92 Å². The Morgan fingerprint density at radius 1 is 1.32 bits per heavy atom. The molecule has 2 aromatic rings. The predicted octanol–water partition coefficient (Wildman–Crippen LogP) is 3.13. The van der Waals surface area contributed by atoms with E-state index >= 15 is 0 Å². The minimum atomic E-state index is -0.546. The van der Waals surface area contributed by atoms with Gasteiger partial charge in [-0.05, 0) is 18.2 Å². The van der Waals surface area contributed by atoms with Crippen LogP contribution >= 0.6 is 11.3 Å². The second kappa shape index (κ2) is 5.57. The van der Waals surface area contributed by atoms with E-state index in [0.717, 1.165) is 11.3 Å². The number of nitrogens with one attached hydrogen (secondary N) is 2. The number of ketones is 1. The number of urea groups is 1. The molecule has 0 unspecified atom stereocenters. The summed E-state index contributed by atoms with van der Waals surface area (Å²) < 4.78 is 12.9. The molecular weight excluding hydrogens is 269 g/mol. The average molecular weight is 279 g/mol. The lowest BCUT2D eigenvalue weighted by molar-refractivity contribution is 0.101. The highest BCUT2D eigenvalue weighted by Gasteiger charge is 2.09. The summed E-state index contributed by atoms with van der Waals surface area (Å²) in [5.74, 6) is -0.610. The first-order valence-corrected chi connectivity index (χ1v) is 6.22. The molecular formula is C12H10FN3O2S. The second-order valence-electron chi connectivity index (χ2n) is 3.68. The summed E-state index contributed by atoms with van der Waals surface area (Å²) in [6, 6.07) is 4.98. The van der Waals surface area contributed by atoms with Gasteiger partial charge in [0.2, 0.25) is 0 Å². The van der Waals surface area contributed by atoms with Crippen LogP contribution in [0.5, 0.6) is 0 Å². The van der Waals surface area contributed by atoms with E-state index in [1.807, 2.05) is 0 Å².